The number of thiocarbonyl (C=S) groups is 1. The molecule has 0 N–H and O–H groups in total. The van der Waals surface area contributed by atoms with Crippen LogP contribution in [0.2, 0.25) is 0 Å². The van der Waals surface area contributed by atoms with Gasteiger partial charge in [0.2, 0.25) is 0 Å². The Hall–Kier alpha value is -1.48. The third-order valence-electron chi connectivity index (χ3n) is 3.39. The van der Waals surface area contributed by atoms with Gasteiger partial charge in [-0.2, -0.15) is 0 Å². The third-order valence-corrected chi connectivity index (χ3v) is 3.80. The molecule has 0 fully saturated rings. The van der Waals surface area contributed by atoms with Crippen molar-refractivity contribution in [3.63, 3.8) is 0 Å². The van der Waals surface area contributed by atoms with Crippen LogP contribution in [0.4, 0.5) is 0 Å². The summed E-state index contributed by atoms with van der Waals surface area (Å²) < 4.78 is 0. The molecule has 2 aliphatic rings. The van der Waals surface area contributed by atoms with Crippen molar-refractivity contribution in [1.82, 2.24) is 4.90 Å². The minimum Gasteiger partial charge on any atom is -0.291 e. The van der Waals surface area contributed by atoms with E-state index in [0.717, 1.165) is 30.4 Å². The van der Waals surface area contributed by atoms with E-state index in [-0.39, 0.29) is 11.9 Å². The Bertz CT molecular complexity index is 486. The second kappa shape index (κ2) is 4.08. The van der Waals surface area contributed by atoms with Crippen LogP contribution in [0.5, 0.6) is 0 Å². The zero-order chi connectivity index (χ0) is 11.8. The SMILES string of the molecule is O=C1c2ccccc2C(=S)N1[C@H]1C=CCCC1. The molecule has 0 spiro atoms. The molecule has 2 nitrogen and oxygen atoms in total. The maximum atomic E-state index is 12.3. The van der Waals surface area contributed by atoms with Crippen LogP contribution < -0.4 is 0 Å². The van der Waals surface area contributed by atoms with E-state index in [2.05, 4.69) is 12.2 Å². The maximum Gasteiger partial charge on any atom is 0.260 e. The van der Waals surface area contributed by atoms with E-state index in [9.17, 15) is 4.79 Å². The first-order valence-electron chi connectivity index (χ1n) is 5.92. The summed E-state index contributed by atoms with van der Waals surface area (Å²) in [5, 5.41) is 0. The number of benzene rings is 1. The molecule has 0 saturated carbocycles. The van der Waals surface area contributed by atoms with Crippen LogP contribution in [0.3, 0.4) is 0 Å². The quantitative estimate of drug-likeness (QED) is 0.558. The van der Waals surface area contributed by atoms with Crippen molar-refractivity contribution >= 4 is 23.1 Å². The van der Waals surface area contributed by atoms with Crippen LogP contribution in [0.1, 0.15) is 35.2 Å². The Labute approximate surface area is 106 Å². The summed E-state index contributed by atoms with van der Waals surface area (Å²) in [5.74, 6) is 0.0575. The van der Waals surface area contributed by atoms with Crippen LogP contribution in [0.25, 0.3) is 0 Å². The summed E-state index contributed by atoms with van der Waals surface area (Å²) >= 11 is 5.42. The molecular weight excluding hydrogens is 230 g/mol. The fraction of sp³-hybridized carbons (Fsp3) is 0.286. The zero-order valence-electron chi connectivity index (χ0n) is 9.43. The average Bonchev–Trinajstić information content (AvgIpc) is 2.64. The average molecular weight is 243 g/mol. The monoisotopic (exact) mass is 243 g/mol. The van der Waals surface area contributed by atoms with Crippen molar-refractivity contribution in [2.24, 2.45) is 0 Å². The number of carbonyl (C=O) groups excluding carboxylic acids is 1. The molecule has 1 aromatic rings. The van der Waals surface area contributed by atoms with E-state index in [0.29, 0.717) is 4.99 Å². The van der Waals surface area contributed by atoms with Crippen molar-refractivity contribution in [2.75, 3.05) is 0 Å². The number of allylic oxidation sites excluding steroid dienone is 1. The first-order valence-corrected chi connectivity index (χ1v) is 6.33. The van der Waals surface area contributed by atoms with Gasteiger partial charge in [0.1, 0.15) is 4.99 Å². The number of amides is 1. The fourth-order valence-electron chi connectivity index (χ4n) is 2.52. The standard InChI is InChI=1S/C14H13NOS/c16-13-11-8-4-5-9-12(11)14(17)15(13)10-6-2-1-3-7-10/h2,4-6,8-10H,1,3,7H2/t10-/m0/s1. The minimum atomic E-state index is 0.0575. The van der Waals surface area contributed by atoms with Crippen LogP contribution in [0, 0.1) is 0 Å². The minimum absolute atomic E-state index is 0.0575. The lowest BCUT2D eigenvalue weighted by molar-refractivity contribution is 0.0832. The maximum absolute atomic E-state index is 12.3. The highest BCUT2D eigenvalue weighted by atomic mass is 32.1. The third kappa shape index (κ3) is 1.62. The molecule has 0 aromatic heterocycles. The molecule has 0 unspecified atom stereocenters. The highest BCUT2D eigenvalue weighted by Crippen LogP contribution is 2.28. The van der Waals surface area contributed by atoms with Crippen molar-refractivity contribution < 1.29 is 4.79 Å². The fourth-order valence-corrected chi connectivity index (χ4v) is 2.91. The van der Waals surface area contributed by atoms with Gasteiger partial charge in [0.05, 0.1) is 11.6 Å². The molecule has 3 rings (SSSR count). The highest BCUT2D eigenvalue weighted by Gasteiger charge is 2.36. The number of fused-ring (bicyclic) bond motifs is 1. The van der Waals surface area contributed by atoms with Crippen molar-refractivity contribution in [2.45, 2.75) is 25.3 Å². The van der Waals surface area contributed by atoms with E-state index in [1.165, 1.54) is 0 Å². The van der Waals surface area contributed by atoms with E-state index in [1.807, 2.05) is 24.3 Å². The lowest BCUT2D eigenvalue weighted by Crippen LogP contribution is -2.38. The normalized spacial score (nSPS) is 23.1. The first kappa shape index (κ1) is 10.7. The summed E-state index contributed by atoms with van der Waals surface area (Å²) in [6.07, 6.45) is 7.51. The molecule has 1 amide bonds. The van der Waals surface area contributed by atoms with Gasteiger partial charge in [0, 0.05) is 5.56 Å². The molecule has 1 aliphatic carbocycles. The number of hydrogen-bond acceptors (Lipinski definition) is 2. The molecule has 1 atom stereocenters. The topological polar surface area (TPSA) is 20.3 Å². The molecule has 1 aliphatic heterocycles. The van der Waals surface area contributed by atoms with Crippen LogP contribution >= 0.6 is 12.2 Å². The van der Waals surface area contributed by atoms with Gasteiger partial charge in [0.15, 0.2) is 0 Å². The molecule has 0 saturated heterocycles. The van der Waals surface area contributed by atoms with E-state index >= 15 is 0 Å². The molecular formula is C14H13NOS. The van der Waals surface area contributed by atoms with Crippen LogP contribution in [-0.4, -0.2) is 21.8 Å². The van der Waals surface area contributed by atoms with Gasteiger partial charge in [-0.1, -0.05) is 42.6 Å². The van der Waals surface area contributed by atoms with Gasteiger partial charge >= 0.3 is 0 Å². The Balaban J connectivity index is 2.00. The molecule has 1 aromatic carbocycles. The first-order chi connectivity index (χ1) is 8.29. The second-order valence-electron chi connectivity index (χ2n) is 4.45. The van der Waals surface area contributed by atoms with E-state index < -0.39 is 0 Å². The molecule has 1 heterocycles. The van der Waals surface area contributed by atoms with Gasteiger partial charge in [0.25, 0.3) is 5.91 Å². The van der Waals surface area contributed by atoms with Crippen molar-refractivity contribution in [3.8, 4) is 0 Å². The number of hydrogen-bond donors (Lipinski definition) is 0. The van der Waals surface area contributed by atoms with Gasteiger partial charge in [-0.05, 0) is 25.3 Å². The predicted octanol–water partition coefficient (Wildman–Crippen LogP) is 2.93. The van der Waals surface area contributed by atoms with Gasteiger partial charge in [-0.25, -0.2) is 0 Å². The molecule has 0 radical (unpaired) electrons. The van der Waals surface area contributed by atoms with Crippen molar-refractivity contribution in [1.29, 1.82) is 0 Å². The highest BCUT2D eigenvalue weighted by molar-refractivity contribution is 7.80. The molecule has 17 heavy (non-hydrogen) atoms. The largest absolute Gasteiger partial charge is 0.291 e. The second-order valence-corrected chi connectivity index (χ2v) is 4.84. The molecule has 3 heteroatoms. The predicted molar refractivity (Wildman–Crippen MR) is 71.1 cm³/mol. The summed E-state index contributed by atoms with van der Waals surface area (Å²) in [7, 11) is 0. The zero-order valence-corrected chi connectivity index (χ0v) is 10.2. The van der Waals surface area contributed by atoms with E-state index in [1.54, 1.807) is 4.90 Å². The lowest BCUT2D eigenvalue weighted by Gasteiger charge is -2.27. The Kier molecular flexibility index (Phi) is 2.56. The summed E-state index contributed by atoms with van der Waals surface area (Å²) in [6, 6.07) is 7.76. The summed E-state index contributed by atoms with van der Waals surface area (Å²) in [5.41, 5.74) is 1.66. The van der Waals surface area contributed by atoms with E-state index in [4.69, 9.17) is 12.2 Å². The summed E-state index contributed by atoms with van der Waals surface area (Å²) in [4.78, 5) is 14.8. The van der Waals surface area contributed by atoms with Gasteiger partial charge < -0.3 is 0 Å². The number of nitrogens with zero attached hydrogens (tertiary/aromatic N) is 1. The Morgan fingerprint density at radius 2 is 2.00 bits per heavy atom. The summed E-state index contributed by atoms with van der Waals surface area (Å²) in [6.45, 7) is 0. The Morgan fingerprint density at radius 3 is 2.65 bits per heavy atom. The van der Waals surface area contributed by atoms with Crippen molar-refractivity contribution in [3.05, 3.63) is 47.5 Å². The lowest BCUT2D eigenvalue weighted by atomic mass is 10.0. The van der Waals surface area contributed by atoms with Gasteiger partial charge in [-0.3, -0.25) is 9.69 Å². The number of carbonyl (C=O) groups is 1. The molecule has 86 valence electrons. The van der Waals surface area contributed by atoms with Crippen LogP contribution in [-0.2, 0) is 0 Å². The number of rotatable bonds is 1. The Morgan fingerprint density at radius 1 is 1.24 bits per heavy atom. The molecule has 0 bridgehead atoms. The van der Waals surface area contributed by atoms with Crippen LogP contribution in [0.15, 0.2) is 36.4 Å². The smallest absolute Gasteiger partial charge is 0.260 e. The van der Waals surface area contributed by atoms with Gasteiger partial charge in [-0.15, -0.1) is 0 Å².